The van der Waals surface area contributed by atoms with E-state index in [2.05, 4.69) is 10.2 Å². The van der Waals surface area contributed by atoms with Crippen molar-refractivity contribution in [1.29, 1.82) is 0 Å². The molecule has 0 spiro atoms. The largest absolute Gasteiger partial charge is 0.280 e. The van der Waals surface area contributed by atoms with Gasteiger partial charge in [0.15, 0.2) is 6.04 Å². The van der Waals surface area contributed by atoms with Crippen LogP contribution in [0.2, 0.25) is 0 Å². The topological polar surface area (TPSA) is 62.1 Å². The molecule has 2 amide bonds. The van der Waals surface area contributed by atoms with E-state index in [9.17, 15) is 9.59 Å². The Bertz CT molecular complexity index is 401. The molecule has 1 aliphatic carbocycles. The Kier molecular flexibility index (Phi) is 2.92. The summed E-state index contributed by atoms with van der Waals surface area (Å²) in [5.74, 6) is 0.00978. The van der Waals surface area contributed by atoms with Gasteiger partial charge in [-0.05, 0) is 25.7 Å². The van der Waals surface area contributed by atoms with E-state index in [1.54, 1.807) is 0 Å². The number of likely N-dealkylation sites (tertiary alicyclic amines) is 1. The first kappa shape index (κ1) is 11.8. The Balaban J connectivity index is 1.71. The fraction of sp³-hybridized carbons (Fsp3) is 0.846. The summed E-state index contributed by atoms with van der Waals surface area (Å²) >= 11 is 0. The van der Waals surface area contributed by atoms with Crippen molar-refractivity contribution in [2.24, 2.45) is 22.1 Å². The molecule has 0 N–H and O–H groups in total. The zero-order valence-electron chi connectivity index (χ0n) is 10.7. The molecule has 1 saturated carbocycles. The molecule has 5 nitrogen and oxygen atoms in total. The molecule has 2 fully saturated rings. The van der Waals surface area contributed by atoms with Crippen LogP contribution in [0.25, 0.3) is 0 Å². The van der Waals surface area contributed by atoms with Gasteiger partial charge in [0.2, 0.25) is 5.91 Å². The van der Waals surface area contributed by atoms with Crippen molar-refractivity contribution in [2.75, 3.05) is 6.54 Å². The van der Waals surface area contributed by atoms with Gasteiger partial charge < -0.3 is 0 Å². The summed E-state index contributed by atoms with van der Waals surface area (Å²) in [6, 6.07) is -0.654. The molecule has 0 radical (unpaired) electrons. The highest BCUT2D eigenvalue weighted by atomic mass is 16.2. The number of azo groups is 1. The van der Waals surface area contributed by atoms with Crippen LogP contribution < -0.4 is 0 Å². The number of carbonyl (C=O) groups is 2. The first-order valence-corrected chi connectivity index (χ1v) is 6.93. The van der Waals surface area contributed by atoms with Crippen LogP contribution in [0, 0.1) is 11.8 Å². The highest BCUT2D eigenvalue weighted by Gasteiger charge is 2.53. The number of hydrogen-bond acceptors (Lipinski definition) is 4. The van der Waals surface area contributed by atoms with E-state index in [0.717, 1.165) is 12.8 Å². The number of amides is 2. The molecule has 3 atom stereocenters. The van der Waals surface area contributed by atoms with Crippen molar-refractivity contribution in [3.05, 3.63) is 0 Å². The third-order valence-electron chi connectivity index (χ3n) is 4.47. The van der Waals surface area contributed by atoms with Crippen LogP contribution in [0.5, 0.6) is 0 Å². The molecule has 0 aromatic rings. The van der Waals surface area contributed by atoms with Crippen molar-refractivity contribution >= 4 is 11.8 Å². The second-order valence-corrected chi connectivity index (χ2v) is 5.73. The Morgan fingerprint density at radius 2 is 1.83 bits per heavy atom. The molecule has 3 rings (SSSR count). The van der Waals surface area contributed by atoms with Crippen LogP contribution in [-0.4, -0.2) is 35.3 Å². The Morgan fingerprint density at radius 1 is 1.11 bits per heavy atom. The fourth-order valence-corrected chi connectivity index (χ4v) is 3.38. The lowest BCUT2D eigenvalue weighted by Gasteiger charge is -2.26. The van der Waals surface area contributed by atoms with Crippen molar-refractivity contribution in [3.8, 4) is 0 Å². The van der Waals surface area contributed by atoms with E-state index in [0.29, 0.717) is 12.5 Å². The summed E-state index contributed by atoms with van der Waals surface area (Å²) in [7, 11) is 0. The molecule has 2 aliphatic heterocycles. The Morgan fingerprint density at radius 3 is 2.50 bits per heavy atom. The molecule has 5 heteroatoms. The lowest BCUT2D eigenvalue weighted by Crippen LogP contribution is -2.37. The third-order valence-corrected chi connectivity index (χ3v) is 4.47. The summed E-state index contributed by atoms with van der Waals surface area (Å²) in [5.41, 5.74) is 0. The zero-order chi connectivity index (χ0) is 12.7. The first-order valence-electron chi connectivity index (χ1n) is 6.93. The summed E-state index contributed by atoms with van der Waals surface area (Å²) in [6.07, 6.45) is 6.02. The highest BCUT2D eigenvalue weighted by Crippen LogP contribution is 2.34. The predicted molar refractivity (Wildman–Crippen MR) is 64.9 cm³/mol. The number of nitrogens with zero attached hydrogens (tertiary/aromatic N) is 3. The van der Waals surface area contributed by atoms with Gasteiger partial charge in [-0.15, -0.1) is 0 Å². The average Bonchev–Trinajstić information content (AvgIpc) is 2.87. The van der Waals surface area contributed by atoms with Crippen LogP contribution in [0.3, 0.4) is 0 Å². The maximum absolute atomic E-state index is 12.3. The molecule has 0 aromatic heterocycles. The normalized spacial score (nSPS) is 36.5. The van der Waals surface area contributed by atoms with E-state index in [4.69, 9.17) is 0 Å². The Hall–Kier alpha value is -1.26. The van der Waals surface area contributed by atoms with Crippen molar-refractivity contribution in [2.45, 2.75) is 51.1 Å². The zero-order valence-corrected chi connectivity index (χ0v) is 10.7. The summed E-state index contributed by atoms with van der Waals surface area (Å²) in [5, 5.41) is 7.93. The van der Waals surface area contributed by atoms with E-state index in [1.807, 2.05) is 6.92 Å². The number of hydrogen-bond donors (Lipinski definition) is 0. The van der Waals surface area contributed by atoms with Crippen LogP contribution in [-0.2, 0) is 9.59 Å². The lowest BCUT2D eigenvalue weighted by molar-refractivity contribution is -0.140. The molecule has 3 aliphatic rings. The highest BCUT2D eigenvalue weighted by molar-refractivity contribution is 6.07. The van der Waals surface area contributed by atoms with Crippen LogP contribution >= 0.6 is 0 Å². The standard InChI is InChI=1S/C13H19N3O2/c1-8-10-11(15-14-8)13(18)16(12(10)17)7-9-5-3-2-4-6-9/h8-11H,2-7H2,1H3/t8-,10+,11+/m1/s1. The second-order valence-electron chi connectivity index (χ2n) is 5.73. The third kappa shape index (κ3) is 1.76. The number of rotatable bonds is 2. The minimum Gasteiger partial charge on any atom is -0.280 e. The SMILES string of the molecule is C[C@H]1N=N[C@@H]2C(=O)N(CC3CCCCC3)C(=O)[C@H]21. The Labute approximate surface area is 107 Å². The van der Waals surface area contributed by atoms with Crippen LogP contribution in [0.15, 0.2) is 10.2 Å². The second kappa shape index (κ2) is 4.44. The van der Waals surface area contributed by atoms with Gasteiger partial charge in [0.25, 0.3) is 5.91 Å². The average molecular weight is 249 g/mol. The van der Waals surface area contributed by atoms with Gasteiger partial charge >= 0.3 is 0 Å². The van der Waals surface area contributed by atoms with Crippen LogP contribution in [0.4, 0.5) is 0 Å². The molecule has 0 bridgehead atoms. The van der Waals surface area contributed by atoms with Gasteiger partial charge in [-0.1, -0.05) is 19.3 Å². The summed E-state index contributed by atoms with van der Waals surface area (Å²) in [4.78, 5) is 25.9. The predicted octanol–water partition coefficient (Wildman–Crippen LogP) is 1.77. The maximum atomic E-state index is 12.3. The minimum absolute atomic E-state index is 0.0481. The first-order chi connectivity index (χ1) is 8.68. The molecule has 0 aromatic carbocycles. The van der Waals surface area contributed by atoms with E-state index < -0.39 is 6.04 Å². The molecular weight excluding hydrogens is 230 g/mol. The molecule has 18 heavy (non-hydrogen) atoms. The van der Waals surface area contributed by atoms with E-state index in [1.165, 1.54) is 24.2 Å². The fourth-order valence-electron chi connectivity index (χ4n) is 3.38. The molecular formula is C13H19N3O2. The molecule has 0 unspecified atom stereocenters. The number of fused-ring (bicyclic) bond motifs is 1. The molecule has 98 valence electrons. The minimum atomic E-state index is -0.518. The molecule has 2 heterocycles. The quantitative estimate of drug-likeness (QED) is 0.700. The smallest absolute Gasteiger partial charge is 0.256 e. The summed E-state index contributed by atoms with van der Waals surface area (Å²) < 4.78 is 0. The number of imide groups is 1. The van der Waals surface area contributed by atoms with E-state index in [-0.39, 0.29) is 23.8 Å². The molecule has 1 saturated heterocycles. The van der Waals surface area contributed by atoms with Gasteiger partial charge in [-0.2, -0.15) is 10.2 Å². The van der Waals surface area contributed by atoms with Gasteiger partial charge in [-0.3, -0.25) is 14.5 Å². The lowest BCUT2D eigenvalue weighted by atomic mass is 9.89. The summed E-state index contributed by atoms with van der Waals surface area (Å²) in [6.45, 7) is 2.47. The van der Waals surface area contributed by atoms with E-state index >= 15 is 0 Å². The van der Waals surface area contributed by atoms with Gasteiger partial charge in [0.1, 0.15) is 0 Å². The van der Waals surface area contributed by atoms with Crippen molar-refractivity contribution in [1.82, 2.24) is 4.90 Å². The number of carbonyl (C=O) groups excluding carboxylic acids is 2. The monoisotopic (exact) mass is 249 g/mol. The van der Waals surface area contributed by atoms with Crippen molar-refractivity contribution < 1.29 is 9.59 Å². The maximum Gasteiger partial charge on any atom is 0.256 e. The van der Waals surface area contributed by atoms with Gasteiger partial charge in [0, 0.05) is 6.54 Å². The van der Waals surface area contributed by atoms with Gasteiger partial charge in [0.05, 0.1) is 12.0 Å². The van der Waals surface area contributed by atoms with Crippen LogP contribution in [0.1, 0.15) is 39.0 Å². The van der Waals surface area contributed by atoms with Crippen molar-refractivity contribution in [3.63, 3.8) is 0 Å². The van der Waals surface area contributed by atoms with Gasteiger partial charge in [-0.25, -0.2) is 0 Å².